The highest BCUT2D eigenvalue weighted by atomic mass is 35.5. The van der Waals surface area contributed by atoms with Gasteiger partial charge in [0.05, 0.1) is 4.90 Å². The van der Waals surface area contributed by atoms with E-state index in [9.17, 15) is 13.2 Å². The summed E-state index contributed by atoms with van der Waals surface area (Å²) in [4.78, 5) is 11.6. The lowest BCUT2D eigenvalue weighted by atomic mass is 10.0. The first-order valence-electron chi connectivity index (χ1n) is 8.08. The van der Waals surface area contributed by atoms with Gasteiger partial charge in [0, 0.05) is 23.7 Å². The van der Waals surface area contributed by atoms with Crippen molar-refractivity contribution in [1.82, 2.24) is 4.31 Å². The molecule has 4 nitrogen and oxygen atoms in total. The van der Waals surface area contributed by atoms with Crippen LogP contribution in [0.15, 0.2) is 70.6 Å². The van der Waals surface area contributed by atoms with E-state index in [-0.39, 0.29) is 18.0 Å². The lowest BCUT2D eigenvalue weighted by Crippen LogP contribution is -2.37. The van der Waals surface area contributed by atoms with Gasteiger partial charge in [0.15, 0.2) is 0 Å². The van der Waals surface area contributed by atoms with Gasteiger partial charge in [-0.2, -0.15) is 4.31 Å². The maximum absolute atomic E-state index is 13.0. The first-order chi connectivity index (χ1) is 12.4. The third-order valence-corrected chi connectivity index (χ3v) is 6.30. The predicted octanol–water partition coefficient (Wildman–Crippen LogP) is 3.86. The number of halogens is 1. The normalized spacial score (nSPS) is 17.2. The van der Waals surface area contributed by atoms with E-state index in [1.165, 1.54) is 4.31 Å². The summed E-state index contributed by atoms with van der Waals surface area (Å²) in [5.41, 5.74) is 2.88. The number of carbonyl (C=O) groups excluding carboxylic acids is 1. The summed E-state index contributed by atoms with van der Waals surface area (Å²) in [5.74, 6) is 0. The number of aryl methyl sites for hydroxylation is 1. The zero-order valence-electron chi connectivity index (χ0n) is 14.2. The summed E-state index contributed by atoms with van der Waals surface area (Å²) in [6, 6.07) is 14.0. The van der Waals surface area contributed by atoms with Gasteiger partial charge in [-0.1, -0.05) is 47.5 Å². The minimum Gasteiger partial charge on any atom is -0.298 e. The second-order valence-corrected chi connectivity index (χ2v) is 8.51. The second-order valence-electron chi connectivity index (χ2n) is 6.16. The fourth-order valence-corrected chi connectivity index (χ4v) is 4.38. The van der Waals surface area contributed by atoms with Crippen molar-refractivity contribution in [1.29, 1.82) is 0 Å². The number of rotatable bonds is 4. The van der Waals surface area contributed by atoms with E-state index in [0.29, 0.717) is 22.5 Å². The molecule has 0 aliphatic carbocycles. The fourth-order valence-electron chi connectivity index (χ4n) is 2.77. The first kappa shape index (κ1) is 18.6. The molecule has 2 aromatic rings. The molecule has 0 unspecified atom stereocenters. The van der Waals surface area contributed by atoms with Crippen LogP contribution in [0.1, 0.15) is 11.1 Å². The van der Waals surface area contributed by atoms with Gasteiger partial charge in [-0.3, -0.25) is 4.79 Å². The van der Waals surface area contributed by atoms with E-state index < -0.39 is 10.0 Å². The smallest absolute Gasteiger partial charge is 0.243 e. The van der Waals surface area contributed by atoms with Crippen LogP contribution in [0, 0.1) is 6.92 Å². The van der Waals surface area contributed by atoms with Crippen molar-refractivity contribution in [2.24, 2.45) is 0 Å². The van der Waals surface area contributed by atoms with E-state index in [2.05, 4.69) is 0 Å². The van der Waals surface area contributed by atoms with Crippen LogP contribution < -0.4 is 0 Å². The van der Waals surface area contributed by atoms with Crippen LogP contribution in [0.25, 0.3) is 6.08 Å². The van der Waals surface area contributed by atoms with Gasteiger partial charge in [-0.15, -0.1) is 0 Å². The van der Waals surface area contributed by atoms with Crippen molar-refractivity contribution in [2.75, 3.05) is 13.1 Å². The first-order valence-corrected chi connectivity index (χ1v) is 9.89. The van der Waals surface area contributed by atoms with Crippen molar-refractivity contribution in [3.8, 4) is 0 Å². The average molecular weight is 388 g/mol. The number of aldehydes is 1. The number of benzene rings is 2. The molecule has 0 amide bonds. The molecule has 0 spiro atoms. The van der Waals surface area contributed by atoms with Crippen molar-refractivity contribution in [3.63, 3.8) is 0 Å². The second kappa shape index (κ2) is 7.58. The molecule has 134 valence electrons. The minimum atomic E-state index is -3.70. The molecule has 3 rings (SSSR count). The molecule has 1 aliphatic rings. The summed E-state index contributed by atoms with van der Waals surface area (Å²) < 4.78 is 27.2. The number of sulfonamides is 1. The molecule has 2 aromatic carbocycles. The van der Waals surface area contributed by atoms with E-state index in [4.69, 9.17) is 11.6 Å². The van der Waals surface area contributed by atoms with Gasteiger partial charge in [-0.25, -0.2) is 8.42 Å². The van der Waals surface area contributed by atoms with Gasteiger partial charge in [0.1, 0.15) is 6.29 Å². The maximum Gasteiger partial charge on any atom is 0.243 e. The van der Waals surface area contributed by atoms with Crippen molar-refractivity contribution < 1.29 is 13.2 Å². The zero-order chi connectivity index (χ0) is 18.7. The third-order valence-electron chi connectivity index (χ3n) is 4.14. The molecule has 0 atom stereocenters. The molecule has 1 heterocycles. The molecule has 0 aromatic heterocycles. The average Bonchev–Trinajstić information content (AvgIpc) is 2.63. The van der Waals surface area contributed by atoms with Gasteiger partial charge >= 0.3 is 0 Å². The Bertz CT molecular complexity index is 992. The number of hydrogen-bond acceptors (Lipinski definition) is 3. The quantitative estimate of drug-likeness (QED) is 0.748. The summed E-state index contributed by atoms with van der Waals surface area (Å²) in [5, 5.41) is 0.569. The Hall–Kier alpha value is -2.21. The highest BCUT2D eigenvalue weighted by molar-refractivity contribution is 7.89. The van der Waals surface area contributed by atoms with E-state index in [0.717, 1.165) is 11.1 Å². The van der Waals surface area contributed by atoms with Crippen molar-refractivity contribution in [2.45, 2.75) is 11.8 Å². The van der Waals surface area contributed by atoms with E-state index in [1.54, 1.807) is 36.4 Å². The summed E-state index contributed by atoms with van der Waals surface area (Å²) in [6.07, 6.45) is 4.22. The minimum absolute atomic E-state index is 0.0551. The van der Waals surface area contributed by atoms with Gasteiger partial charge < -0.3 is 0 Å². The van der Waals surface area contributed by atoms with Crippen LogP contribution in [0.5, 0.6) is 0 Å². The lowest BCUT2D eigenvalue weighted by Gasteiger charge is -2.26. The van der Waals surface area contributed by atoms with Crippen molar-refractivity contribution >= 4 is 34.0 Å². The Balaban J connectivity index is 1.98. The fraction of sp³-hybridized carbons (Fsp3) is 0.150. The van der Waals surface area contributed by atoms with Crippen LogP contribution in [0.3, 0.4) is 0 Å². The topological polar surface area (TPSA) is 54.5 Å². The zero-order valence-corrected chi connectivity index (χ0v) is 15.8. The van der Waals surface area contributed by atoms with Crippen molar-refractivity contribution in [3.05, 3.63) is 81.9 Å². The Labute approximate surface area is 158 Å². The molecule has 0 saturated heterocycles. The number of carbonyl (C=O) groups is 1. The molecule has 0 bridgehead atoms. The molecule has 0 fully saturated rings. The molecule has 0 N–H and O–H groups in total. The highest BCUT2D eigenvalue weighted by Gasteiger charge is 2.28. The molecule has 26 heavy (non-hydrogen) atoms. The Morgan fingerprint density at radius 1 is 1.04 bits per heavy atom. The van der Waals surface area contributed by atoms with Crippen LogP contribution in [0.2, 0.25) is 5.02 Å². The molecular formula is C20H18ClNO3S. The molecular weight excluding hydrogens is 370 g/mol. The third kappa shape index (κ3) is 3.96. The Morgan fingerprint density at radius 3 is 2.38 bits per heavy atom. The van der Waals surface area contributed by atoms with E-state index >= 15 is 0 Å². The lowest BCUT2D eigenvalue weighted by molar-refractivity contribution is -0.105. The van der Waals surface area contributed by atoms with Crippen LogP contribution in [-0.2, 0) is 14.8 Å². The van der Waals surface area contributed by atoms with Crippen LogP contribution >= 0.6 is 11.6 Å². The Kier molecular flexibility index (Phi) is 5.41. The standard InChI is InChI=1S/C20H18ClNO3S/c1-15-6-8-19(9-7-15)26(24,25)22-12-16(10-17(13-22)14-23)11-18-4-2-3-5-20(18)21/h2-11,14H,12-13H2,1H3/b16-11-. The Morgan fingerprint density at radius 2 is 1.73 bits per heavy atom. The van der Waals surface area contributed by atoms with Gasteiger partial charge in [0.25, 0.3) is 0 Å². The predicted molar refractivity (Wildman–Crippen MR) is 104 cm³/mol. The molecule has 0 saturated carbocycles. The SMILES string of the molecule is Cc1ccc(S(=O)(=O)N2CC(C=O)=C/C(=C/c3ccccc3Cl)C2)cc1. The molecule has 6 heteroatoms. The van der Waals surface area contributed by atoms with Crippen LogP contribution in [0.4, 0.5) is 0 Å². The number of hydrogen-bond donors (Lipinski definition) is 0. The molecule has 0 radical (unpaired) electrons. The van der Waals surface area contributed by atoms with Crippen LogP contribution in [-0.4, -0.2) is 32.1 Å². The number of nitrogens with zero attached hydrogens (tertiary/aromatic N) is 1. The monoisotopic (exact) mass is 387 g/mol. The summed E-state index contributed by atoms with van der Waals surface area (Å²) in [6.45, 7) is 2.13. The summed E-state index contributed by atoms with van der Waals surface area (Å²) in [7, 11) is -3.70. The molecule has 1 aliphatic heterocycles. The van der Waals surface area contributed by atoms with Gasteiger partial charge in [-0.05, 0) is 48.4 Å². The summed E-state index contributed by atoms with van der Waals surface area (Å²) >= 11 is 6.18. The van der Waals surface area contributed by atoms with Gasteiger partial charge in [0.2, 0.25) is 10.0 Å². The largest absolute Gasteiger partial charge is 0.298 e. The maximum atomic E-state index is 13.0. The highest BCUT2D eigenvalue weighted by Crippen LogP contribution is 2.25. The van der Waals surface area contributed by atoms with E-state index in [1.807, 2.05) is 31.2 Å².